The van der Waals surface area contributed by atoms with Crippen LogP contribution in [0.2, 0.25) is 0 Å². The number of hydrogen-bond acceptors (Lipinski definition) is 4. The van der Waals surface area contributed by atoms with Gasteiger partial charge in [-0.2, -0.15) is 4.99 Å². The molecule has 2 aliphatic heterocycles. The predicted octanol–water partition coefficient (Wildman–Crippen LogP) is 2.70. The second-order valence-corrected chi connectivity index (χ2v) is 6.84. The molecule has 116 valence electrons. The highest BCUT2D eigenvalue weighted by Crippen LogP contribution is 2.58. The maximum Gasteiger partial charge on any atom is 0.470 e. The second kappa shape index (κ2) is 4.68. The van der Waals surface area contributed by atoms with Crippen molar-refractivity contribution in [1.29, 1.82) is 0 Å². The van der Waals surface area contributed by atoms with Crippen LogP contribution in [-0.2, 0) is 9.47 Å². The van der Waals surface area contributed by atoms with Gasteiger partial charge in [0, 0.05) is 25.3 Å². The SMILES string of the molecule is COC1=N[C@H]2C[C@@H](O)CC3=C2C2(C=C(C)CC[C@H]2O3)C(C)=[C+]1. The van der Waals surface area contributed by atoms with E-state index in [9.17, 15) is 5.11 Å². The molecule has 4 nitrogen and oxygen atoms in total. The third-order valence-electron chi connectivity index (χ3n) is 5.44. The van der Waals surface area contributed by atoms with E-state index in [2.05, 4.69) is 26.0 Å². The lowest BCUT2D eigenvalue weighted by Crippen LogP contribution is -2.39. The highest BCUT2D eigenvalue weighted by atomic mass is 16.5. The molecule has 0 saturated carbocycles. The summed E-state index contributed by atoms with van der Waals surface area (Å²) in [6, 6.07) is -0.0780. The summed E-state index contributed by atoms with van der Waals surface area (Å²) in [4.78, 5) is 4.70. The van der Waals surface area contributed by atoms with Gasteiger partial charge in [-0.25, -0.2) is 0 Å². The van der Waals surface area contributed by atoms with Gasteiger partial charge in [-0.1, -0.05) is 11.6 Å². The monoisotopic (exact) mass is 300 g/mol. The Labute approximate surface area is 131 Å². The summed E-state index contributed by atoms with van der Waals surface area (Å²) in [7, 11) is 1.63. The van der Waals surface area contributed by atoms with Gasteiger partial charge in [-0.15, -0.1) is 0 Å². The van der Waals surface area contributed by atoms with Gasteiger partial charge in [-0.05, 0) is 19.8 Å². The van der Waals surface area contributed by atoms with Crippen LogP contribution in [-0.4, -0.2) is 36.4 Å². The van der Waals surface area contributed by atoms with E-state index in [1.807, 2.05) is 0 Å². The number of aliphatic imine (C=N–C) groups is 1. The van der Waals surface area contributed by atoms with Gasteiger partial charge < -0.3 is 14.6 Å². The van der Waals surface area contributed by atoms with E-state index in [0.717, 1.165) is 24.2 Å². The summed E-state index contributed by atoms with van der Waals surface area (Å²) in [5, 5.41) is 10.2. The van der Waals surface area contributed by atoms with Crippen molar-refractivity contribution in [3.05, 3.63) is 34.6 Å². The van der Waals surface area contributed by atoms with Crippen LogP contribution < -0.4 is 0 Å². The summed E-state index contributed by atoms with van der Waals surface area (Å²) in [5.74, 6) is 1.48. The fraction of sp³-hybridized carbons (Fsp3) is 0.611. The van der Waals surface area contributed by atoms with Gasteiger partial charge in [0.15, 0.2) is 5.57 Å². The Morgan fingerprint density at radius 2 is 2.27 bits per heavy atom. The molecule has 1 unspecified atom stereocenters. The lowest BCUT2D eigenvalue weighted by molar-refractivity contribution is 0.0648. The molecule has 1 N–H and O–H groups in total. The Kier molecular flexibility index (Phi) is 2.97. The molecule has 4 atom stereocenters. The zero-order valence-corrected chi connectivity index (χ0v) is 13.3. The molecule has 0 bridgehead atoms. The minimum absolute atomic E-state index is 0.0780. The molecule has 2 heterocycles. The summed E-state index contributed by atoms with van der Waals surface area (Å²) in [6.07, 6.45) is 8.69. The summed E-state index contributed by atoms with van der Waals surface area (Å²) in [5.41, 5.74) is 3.49. The largest absolute Gasteiger partial charge is 0.493 e. The maximum atomic E-state index is 10.2. The number of rotatable bonds is 0. The van der Waals surface area contributed by atoms with Crippen molar-refractivity contribution in [2.24, 2.45) is 10.4 Å². The standard InChI is InChI=1S/C18H22NO3/c1-10-4-5-15-18(9-10)11(2)6-16(21-3)19-13-7-12(20)8-14(22-15)17(13)18/h9,12-13,15,20H,4-5,7-8H2,1-3H3/q+1/t12-,13+,15-,18?/m1/s1. The summed E-state index contributed by atoms with van der Waals surface area (Å²) in [6.45, 7) is 4.29. The number of hydrogen-bond donors (Lipinski definition) is 1. The summed E-state index contributed by atoms with van der Waals surface area (Å²) < 4.78 is 11.7. The van der Waals surface area contributed by atoms with Crippen LogP contribution in [0.3, 0.4) is 0 Å². The van der Waals surface area contributed by atoms with Crippen LogP contribution in [0.5, 0.6) is 0 Å². The van der Waals surface area contributed by atoms with Crippen LogP contribution in [0.4, 0.5) is 0 Å². The maximum absolute atomic E-state index is 10.2. The molecule has 0 amide bonds. The summed E-state index contributed by atoms with van der Waals surface area (Å²) >= 11 is 0. The fourth-order valence-corrected chi connectivity index (χ4v) is 4.51. The van der Waals surface area contributed by atoms with Crippen LogP contribution in [0.1, 0.15) is 39.5 Å². The Hall–Kier alpha value is -1.64. The molecule has 0 fully saturated rings. The minimum Gasteiger partial charge on any atom is -0.493 e. The van der Waals surface area contributed by atoms with Crippen LogP contribution in [0.15, 0.2) is 33.5 Å². The van der Waals surface area contributed by atoms with Crippen molar-refractivity contribution in [2.75, 3.05) is 7.11 Å². The first-order valence-corrected chi connectivity index (χ1v) is 8.04. The fourth-order valence-electron chi connectivity index (χ4n) is 4.51. The molecule has 4 aliphatic rings. The van der Waals surface area contributed by atoms with Crippen molar-refractivity contribution in [3.8, 4) is 0 Å². The molecule has 0 aromatic rings. The Balaban J connectivity index is 1.96. The quantitative estimate of drug-likeness (QED) is 0.553. The molecule has 1 spiro atoms. The van der Waals surface area contributed by atoms with Gasteiger partial charge in [0.1, 0.15) is 17.3 Å². The lowest BCUT2D eigenvalue weighted by Gasteiger charge is -2.35. The molecule has 22 heavy (non-hydrogen) atoms. The topological polar surface area (TPSA) is 51.0 Å². The van der Waals surface area contributed by atoms with Crippen molar-refractivity contribution in [1.82, 2.24) is 0 Å². The molecule has 2 aliphatic carbocycles. The van der Waals surface area contributed by atoms with Crippen LogP contribution in [0.25, 0.3) is 0 Å². The van der Waals surface area contributed by atoms with Crippen molar-refractivity contribution >= 4 is 5.90 Å². The van der Waals surface area contributed by atoms with Gasteiger partial charge in [0.2, 0.25) is 0 Å². The highest BCUT2D eigenvalue weighted by Gasteiger charge is 2.60. The third kappa shape index (κ3) is 1.74. The van der Waals surface area contributed by atoms with E-state index in [1.54, 1.807) is 7.11 Å². The Bertz CT molecular complexity index is 643. The molecular weight excluding hydrogens is 278 g/mol. The van der Waals surface area contributed by atoms with Crippen molar-refractivity contribution in [3.63, 3.8) is 0 Å². The average Bonchev–Trinajstić information content (AvgIpc) is 2.74. The van der Waals surface area contributed by atoms with E-state index >= 15 is 0 Å². The number of aliphatic hydroxyl groups is 1. The molecule has 0 aromatic heterocycles. The van der Waals surface area contributed by atoms with E-state index in [-0.39, 0.29) is 17.6 Å². The first-order valence-electron chi connectivity index (χ1n) is 8.04. The first kappa shape index (κ1) is 14.0. The van der Waals surface area contributed by atoms with Crippen LogP contribution >= 0.6 is 0 Å². The van der Waals surface area contributed by atoms with Crippen molar-refractivity contribution < 1.29 is 14.6 Å². The zero-order valence-electron chi connectivity index (χ0n) is 13.3. The van der Waals surface area contributed by atoms with Gasteiger partial charge >= 0.3 is 12.0 Å². The smallest absolute Gasteiger partial charge is 0.470 e. The minimum atomic E-state index is -0.397. The average molecular weight is 300 g/mol. The first-order chi connectivity index (χ1) is 10.5. The van der Waals surface area contributed by atoms with Gasteiger partial charge in [-0.3, -0.25) is 0 Å². The molecule has 4 rings (SSSR count). The number of aliphatic hydroxyl groups excluding tert-OH is 1. The highest BCUT2D eigenvalue weighted by molar-refractivity contribution is 5.86. The second-order valence-electron chi connectivity index (χ2n) is 6.84. The molecule has 4 heteroatoms. The van der Waals surface area contributed by atoms with Gasteiger partial charge in [0.05, 0.1) is 19.3 Å². The van der Waals surface area contributed by atoms with E-state index in [0.29, 0.717) is 18.7 Å². The number of ether oxygens (including phenoxy) is 2. The normalized spacial score (nSPS) is 39.5. The van der Waals surface area contributed by atoms with Crippen molar-refractivity contribution in [2.45, 2.75) is 57.8 Å². The zero-order chi connectivity index (χ0) is 15.5. The van der Waals surface area contributed by atoms with E-state index < -0.39 is 6.10 Å². The molecule has 0 aromatic carbocycles. The molecule has 0 saturated heterocycles. The third-order valence-corrected chi connectivity index (χ3v) is 5.44. The predicted molar refractivity (Wildman–Crippen MR) is 83.2 cm³/mol. The Morgan fingerprint density at radius 1 is 1.45 bits per heavy atom. The molecular formula is C18H22NO3+. The molecule has 0 radical (unpaired) electrons. The van der Waals surface area contributed by atoms with Gasteiger partial charge in [0.25, 0.3) is 0 Å². The number of allylic oxidation sites excluding steroid dienone is 1. The number of methoxy groups -OCH3 is 1. The van der Waals surface area contributed by atoms with E-state index in [1.165, 1.54) is 11.1 Å². The van der Waals surface area contributed by atoms with Crippen LogP contribution in [0, 0.1) is 11.5 Å². The Morgan fingerprint density at radius 3 is 3.05 bits per heavy atom. The number of nitrogens with zero attached hydrogens (tertiary/aromatic N) is 1. The lowest BCUT2D eigenvalue weighted by atomic mass is 9.63. The van der Waals surface area contributed by atoms with E-state index in [4.69, 9.17) is 14.5 Å².